The lowest BCUT2D eigenvalue weighted by Crippen LogP contribution is -2.79. The third kappa shape index (κ3) is 2.95. The van der Waals surface area contributed by atoms with Gasteiger partial charge in [0.15, 0.2) is 6.10 Å². The summed E-state index contributed by atoms with van der Waals surface area (Å²) in [5.41, 5.74) is -0.176. The van der Waals surface area contributed by atoms with Gasteiger partial charge in [-0.1, -0.05) is 19.3 Å². The molecule has 0 bridgehead atoms. The van der Waals surface area contributed by atoms with Crippen molar-refractivity contribution in [2.45, 2.75) is 75.5 Å². The fourth-order valence-corrected chi connectivity index (χ4v) is 5.68. The minimum atomic E-state index is -0.312. The van der Waals surface area contributed by atoms with E-state index in [0.717, 1.165) is 51.6 Å². The van der Waals surface area contributed by atoms with Gasteiger partial charge in [-0.3, -0.25) is 9.59 Å². The summed E-state index contributed by atoms with van der Waals surface area (Å²) in [4.78, 5) is 29.6. The number of carbonyl (C=O) groups is 2. The van der Waals surface area contributed by atoms with Crippen LogP contribution in [0.5, 0.6) is 0 Å². The Morgan fingerprint density at radius 2 is 1.73 bits per heavy atom. The molecule has 3 aliphatic heterocycles. The second-order valence-corrected chi connectivity index (χ2v) is 8.43. The highest BCUT2D eigenvalue weighted by Crippen LogP contribution is 2.45. The van der Waals surface area contributed by atoms with E-state index in [4.69, 9.17) is 9.47 Å². The van der Waals surface area contributed by atoms with Crippen LogP contribution in [0.2, 0.25) is 0 Å². The van der Waals surface area contributed by atoms with E-state index < -0.39 is 0 Å². The van der Waals surface area contributed by atoms with Crippen LogP contribution in [0, 0.1) is 5.92 Å². The van der Waals surface area contributed by atoms with Gasteiger partial charge in [-0.15, -0.1) is 0 Å². The second-order valence-electron chi connectivity index (χ2n) is 8.43. The molecule has 6 heteroatoms. The first-order chi connectivity index (χ1) is 12.7. The van der Waals surface area contributed by atoms with Crippen LogP contribution in [0.15, 0.2) is 0 Å². The maximum absolute atomic E-state index is 12.8. The number of rotatable bonds is 3. The summed E-state index contributed by atoms with van der Waals surface area (Å²) in [7, 11) is 1.64. The van der Waals surface area contributed by atoms with Crippen molar-refractivity contribution in [1.29, 1.82) is 0 Å². The second kappa shape index (κ2) is 7.47. The first-order valence-electron chi connectivity index (χ1n) is 10.4. The van der Waals surface area contributed by atoms with Crippen LogP contribution in [0.4, 0.5) is 0 Å². The first-order valence-corrected chi connectivity index (χ1v) is 10.4. The molecule has 1 atom stereocenters. The average Bonchev–Trinajstić information content (AvgIpc) is 2.70. The molecule has 4 fully saturated rings. The molecule has 146 valence electrons. The minimum Gasteiger partial charge on any atom is -0.381 e. The van der Waals surface area contributed by atoms with Crippen molar-refractivity contribution in [3.63, 3.8) is 0 Å². The minimum absolute atomic E-state index is 0.131. The van der Waals surface area contributed by atoms with E-state index in [2.05, 4.69) is 9.80 Å². The van der Waals surface area contributed by atoms with Gasteiger partial charge < -0.3 is 19.3 Å². The van der Waals surface area contributed by atoms with E-state index >= 15 is 0 Å². The topological polar surface area (TPSA) is 59.1 Å². The highest BCUT2D eigenvalue weighted by molar-refractivity contribution is 5.91. The maximum atomic E-state index is 12.8. The predicted molar refractivity (Wildman–Crippen MR) is 96.6 cm³/mol. The highest BCUT2D eigenvalue weighted by atomic mass is 16.5. The summed E-state index contributed by atoms with van der Waals surface area (Å²) in [5, 5.41) is 0. The molecular weight excluding hydrogens is 332 g/mol. The van der Waals surface area contributed by atoms with Crippen molar-refractivity contribution in [2.24, 2.45) is 5.92 Å². The number of β-lactam (4-membered cyclic amide) rings is 1. The van der Waals surface area contributed by atoms with Gasteiger partial charge in [-0.05, 0) is 38.5 Å². The Morgan fingerprint density at radius 3 is 2.35 bits per heavy atom. The third-order valence-corrected chi connectivity index (χ3v) is 7.12. The monoisotopic (exact) mass is 364 g/mol. The quantitative estimate of drug-likeness (QED) is 0.719. The van der Waals surface area contributed by atoms with E-state index in [0.29, 0.717) is 19.1 Å². The number of hydrogen-bond acceptors (Lipinski definition) is 4. The lowest BCUT2D eigenvalue weighted by molar-refractivity contribution is -0.214. The molecule has 0 aromatic heterocycles. The molecule has 0 N–H and O–H groups in total. The summed E-state index contributed by atoms with van der Waals surface area (Å²) in [6.45, 7) is 2.97. The lowest BCUT2D eigenvalue weighted by Gasteiger charge is -2.61. The maximum Gasteiger partial charge on any atom is 0.254 e. The van der Waals surface area contributed by atoms with Gasteiger partial charge in [0, 0.05) is 45.4 Å². The molecule has 4 rings (SSSR count). The van der Waals surface area contributed by atoms with Crippen LogP contribution in [0.25, 0.3) is 0 Å². The fraction of sp³-hybridized carbons (Fsp3) is 0.900. The summed E-state index contributed by atoms with van der Waals surface area (Å²) >= 11 is 0. The Hall–Kier alpha value is -1.14. The lowest BCUT2D eigenvalue weighted by atomic mass is 9.72. The number of carbonyl (C=O) groups excluding carboxylic acids is 2. The molecule has 2 amide bonds. The number of piperidine rings is 1. The largest absolute Gasteiger partial charge is 0.381 e. The highest BCUT2D eigenvalue weighted by Gasteiger charge is 2.62. The summed E-state index contributed by atoms with van der Waals surface area (Å²) in [5.74, 6) is 0.728. The number of likely N-dealkylation sites (tertiary alicyclic amines) is 2. The van der Waals surface area contributed by atoms with Gasteiger partial charge in [-0.2, -0.15) is 0 Å². The van der Waals surface area contributed by atoms with Crippen LogP contribution in [-0.2, 0) is 19.1 Å². The Bertz CT molecular complexity index is 532. The predicted octanol–water partition coefficient (Wildman–Crippen LogP) is 1.96. The van der Waals surface area contributed by atoms with Crippen molar-refractivity contribution >= 4 is 11.8 Å². The smallest absolute Gasteiger partial charge is 0.254 e. The number of nitrogens with zero attached hydrogens (tertiary/aromatic N) is 2. The molecule has 0 aromatic rings. The van der Waals surface area contributed by atoms with Gasteiger partial charge in [0.05, 0.1) is 5.54 Å². The number of hydrogen-bond donors (Lipinski definition) is 0. The van der Waals surface area contributed by atoms with E-state index in [9.17, 15) is 9.59 Å². The number of methoxy groups -OCH3 is 1. The van der Waals surface area contributed by atoms with Gasteiger partial charge in [0.25, 0.3) is 5.91 Å². The van der Waals surface area contributed by atoms with Crippen molar-refractivity contribution in [3.8, 4) is 0 Å². The molecule has 3 saturated heterocycles. The Balaban J connectivity index is 1.38. The molecule has 1 saturated carbocycles. The van der Waals surface area contributed by atoms with Crippen LogP contribution in [-0.4, -0.2) is 72.7 Å². The Kier molecular flexibility index (Phi) is 5.24. The molecule has 26 heavy (non-hydrogen) atoms. The zero-order chi connectivity index (χ0) is 18.1. The summed E-state index contributed by atoms with van der Waals surface area (Å²) in [6.07, 6.45) is 8.97. The molecular formula is C20H32N2O4. The van der Waals surface area contributed by atoms with Gasteiger partial charge >= 0.3 is 0 Å². The molecule has 1 unspecified atom stereocenters. The Morgan fingerprint density at radius 1 is 1.08 bits per heavy atom. The average molecular weight is 364 g/mol. The van der Waals surface area contributed by atoms with E-state index in [-0.39, 0.29) is 29.5 Å². The van der Waals surface area contributed by atoms with Gasteiger partial charge in [0.1, 0.15) is 0 Å². The molecule has 6 nitrogen and oxygen atoms in total. The zero-order valence-corrected chi connectivity index (χ0v) is 16.0. The van der Waals surface area contributed by atoms with Crippen LogP contribution in [0.1, 0.15) is 57.8 Å². The van der Waals surface area contributed by atoms with Crippen molar-refractivity contribution in [1.82, 2.24) is 9.80 Å². The van der Waals surface area contributed by atoms with Gasteiger partial charge in [-0.25, -0.2) is 0 Å². The van der Waals surface area contributed by atoms with Crippen molar-refractivity contribution in [2.75, 3.05) is 33.4 Å². The standard InChI is InChI=1S/C20H32N2O4/c1-25-17-19(24)22(20(17)9-13-26-14-10-20)16-7-11-21(12-8-16)18(23)15-5-3-2-4-6-15/h15-17H,2-14H2,1H3. The molecule has 0 aromatic carbocycles. The van der Waals surface area contributed by atoms with E-state index in [1.54, 1.807) is 7.11 Å². The number of ether oxygens (including phenoxy) is 2. The summed E-state index contributed by atoms with van der Waals surface area (Å²) in [6, 6.07) is 0.238. The van der Waals surface area contributed by atoms with Crippen molar-refractivity contribution < 1.29 is 19.1 Å². The van der Waals surface area contributed by atoms with E-state index in [1.165, 1.54) is 19.3 Å². The Labute approximate surface area is 156 Å². The number of amides is 2. The molecule has 1 aliphatic carbocycles. The normalized spacial score (nSPS) is 30.5. The van der Waals surface area contributed by atoms with Crippen LogP contribution >= 0.6 is 0 Å². The molecule has 4 aliphatic rings. The molecule has 1 spiro atoms. The molecule has 3 heterocycles. The first kappa shape index (κ1) is 18.2. The van der Waals surface area contributed by atoms with E-state index in [1.807, 2.05) is 0 Å². The van der Waals surface area contributed by atoms with Gasteiger partial charge in [0.2, 0.25) is 5.91 Å². The third-order valence-electron chi connectivity index (χ3n) is 7.12. The SMILES string of the molecule is COC1C(=O)N(C2CCN(C(=O)C3CCCCC3)CC2)C12CCOCC2. The molecule has 0 radical (unpaired) electrons. The van der Waals surface area contributed by atoms with Crippen molar-refractivity contribution in [3.05, 3.63) is 0 Å². The fourth-order valence-electron chi connectivity index (χ4n) is 5.68. The summed E-state index contributed by atoms with van der Waals surface area (Å²) < 4.78 is 11.1. The van der Waals surface area contributed by atoms with Crippen LogP contribution in [0.3, 0.4) is 0 Å². The van der Waals surface area contributed by atoms with Crippen LogP contribution < -0.4 is 0 Å². The zero-order valence-electron chi connectivity index (χ0n) is 16.0.